The molecule has 1 heterocycles. The highest BCUT2D eigenvalue weighted by molar-refractivity contribution is 8.15. The molecule has 1 fully saturated rings. The number of rotatable bonds is 9. The molecule has 0 radical (unpaired) electrons. The minimum atomic E-state index is -0.710. The van der Waals surface area contributed by atoms with Crippen LogP contribution in [0.25, 0.3) is 0 Å². The zero-order valence-corrected chi connectivity index (χ0v) is 20.2. The summed E-state index contributed by atoms with van der Waals surface area (Å²) in [5, 5.41) is 13.7. The molecule has 10 nitrogen and oxygen atoms in total. The van der Waals surface area contributed by atoms with Crippen LogP contribution < -0.4 is 10.1 Å². The molecule has 0 saturated carbocycles. The molecule has 1 saturated heterocycles. The molecule has 1 unspecified atom stereocenters. The van der Waals surface area contributed by atoms with E-state index in [4.69, 9.17) is 9.47 Å². The maximum atomic E-state index is 13.1. The van der Waals surface area contributed by atoms with E-state index in [0.29, 0.717) is 24.1 Å². The summed E-state index contributed by atoms with van der Waals surface area (Å²) in [4.78, 5) is 42.7. The van der Waals surface area contributed by atoms with Crippen molar-refractivity contribution in [3.63, 3.8) is 0 Å². The Hall–Kier alpha value is -3.44. The molecular weight excluding hydrogens is 460 g/mol. The number of hydrogen-bond acceptors (Lipinski definition) is 8. The topological polar surface area (TPSA) is 123 Å². The minimum absolute atomic E-state index is 0.0339. The molecule has 0 spiro atoms. The number of amidine groups is 1. The Morgan fingerprint density at radius 3 is 2.65 bits per heavy atom. The molecule has 0 bridgehead atoms. The number of hydrogen-bond donors (Lipinski definition) is 1. The van der Waals surface area contributed by atoms with Crippen LogP contribution in [0, 0.1) is 24.0 Å². The third kappa shape index (κ3) is 5.91. The van der Waals surface area contributed by atoms with Crippen LogP contribution in [-0.2, 0) is 14.3 Å². The largest absolute Gasteiger partial charge is 0.496 e. The standard InChI is InChI=1S/C23H26N4O6S/c1-14-5-7-17(15(2)11-14)25-23-26(9-10-32-3)22(29)20(34-23)13-21(28)24-18-8-6-16(33-4)12-19(18)27(30)31/h5-8,11-12,20H,9-10,13H2,1-4H3,(H,24,28). The Kier molecular flexibility index (Phi) is 8.24. The van der Waals surface area contributed by atoms with Crippen molar-refractivity contribution >= 4 is 45.8 Å². The van der Waals surface area contributed by atoms with Crippen molar-refractivity contribution in [2.75, 3.05) is 32.7 Å². The number of aliphatic imine (C=N–C) groups is 1. The molecule has 0 aliphatic carbocycles. The number of thioether (sulfide) groups is 1. The number of benzene rings is 2. The van der Waals surface area contributed by atoms with Crippen molar-refractivity contribution in [3.05, 3.63) is 57.6 Å². The van der Waals surface area contributed by atoms with E-state index >= 15 is 0 Å². The van der Waals surface area contributed by atoms with Gasteiger partial charge in [-0.25, -0.2) is 4.99 Å². The average molecular weight is 487 g/mol. The van der Waals surface area contributed by atoms with E-state index in [0.717, 1.165) is 16.8 Å². The lowest BCUT2D eigenvalue weighted by molar-refractivity contribution is -0.384. The summed E-state index contributed by atoms with van der Waals surface area (Å²) in [5.74, 6) is -0.476. The van der Waals surface area contributed by atoms with E-state index < -0.39 is 16.1 Å². The summed E-state index contributed by atoms with van der Waals surface area (Å²) < 4.78 is 10.1. The van der Waals surface area contributed by atoms with Crippen LogP contribution in [-0.4, -0.2) is 59.4 Å². The molecule has 3 rings (SSSR count). The lowest BCUT2D eigenvalue weighted by Crippen LogP contribution is -2.35. The highest BCUT2D eigenvalue weighted by atomic mass is 32.2. The fourth-order valence-electron chi connectivity index (χ4n) is 3.41. The number of carbonyl (C=O) groups is 2. The molecular formula is C23H26N4O6S. The smallest absolute Gasteiger partial charge is 0.296 e. The van der Waals surface area contributed by atoms with Gasteiger partial charge in [-0.3, -0.25) is 24.6 Å². The number of amides is 2. The molecule has 1 atom stereocenters. The van der Waals surface area contributed by atoms with Gasteiger partial charge in [-0.1, -0.05) is 29.5 Å². The number of aryl methyl sites for hydroxylation is 2. The Labute approximate surface area is 201 Å². The van der Waals surface area contributed by atoms with Gasteiger partial charge in [-0.15, -0.1) is 0 Å². The van der Waals surface area contributed by atoms with E-state index in [1.807, 2.05) is 32.0 Å². The van der Waals surface area contributed by atoms with Gasteiger partial charge in [0.05, 0.1) is 36.9 Å². The molecule has 180 valence electrons. The minimum Gasteiger partial charge on any atom is -0.496 e. The highest BCUT2D eigenvalue weighted by Gasteiger charge is 2.39. The third-order valence-electron chi connectivity index (χ3n) is 5.15. The van der Waals surface area contributed by atoms with Gasteiger partial charge in [-0.2, -0.15) is 0 Å². The maximum Gasteiger partial charge on any atom is 0.296 e. The van der Waals surface area contributed by atoms with Crippen molar-refractivity contribution in [1.29, 1.82) is 0 Å². The van der Waals surface area contributed by atoms with E-state index in [1.54, 1.807) is 7.11 Å². The number of nitrogens with one attached hydrogen (secondary N) is 1. The number of ether oxygens (including phenoxy) is 2. The lowest BCUT2D eigenvalue weighted by atomic mass is 10.1. The zero-order valence-electron chi connectivity index (χ0n) is 19.4. The van der Waals surface area contributed by atoms with E-state index in [1.165, 1.54) is 42.0 Å². The summed E-state index contributed by atoms with van der Waals surface area (Å²) in [6.07, 6.45) is -0.165. The summed E-state index contributed by atoms with van der Waals surface area (Å²) in [6, 6.07) is 9.98. The number of nitro groups is 1. The van der Waals surface area contributed by atoms with Gasteiger partial charge in [0.15, 0.2) is 5.17 Å². The predicted molar refractivity (Wildman–Crippen MR) is 131 cm³/mol. The fourth-order valence-corrected chi connectivity index (χ4v) is 4.59. The first-order valence-electron chi connectivity index (χ1n) is 10.5. The monoisotopic (exact) mass is 486 g/mol. The van der Waals surface area contributed by atoms with Crippen LogP contribution in [0.3, 0.4) is 0 Å². The second-order valence-electron chi connectivity index (χ2n) is 7.67. The van der Waals surface area contributed by atoms with Gasteiger partial charge in [0, 0.05) is 13.5 Å². The predicted octanol–water partition coefficient (Wildman–Crippen LogP) is 3.83. The van der Waals surface area contributed by atoms with Gasteiger partial charge in [-0.05, 0) is 37.6 Å². The van der Waals surface area contributed by atoms with Crippen molar-refractivity contribution in [2.45, 2.75) is 25.5 Å². The van der Waals surface area contributed by atoms with Crippen LogP contribution >= 0.6 is 11.8 Å². The second kappa shape index (κ2) is 11.1. The molecule has 2 amide bonds. The lowest BCUT2D eigenvalue weighted by Gasteiger charge is -2.16. The van der Waals surface area contributed by atoms with Crippen molar-refractivity contribution in [2.24, 2.45) is 4.99 Å². The van der Waals surface area contributed by atoms with Crippen LogP contribution in [0.15, 0.2) is 41.4 Å². The molecule has 11 heteroatoms. The molecule has 2 aromatic rings. The first-order valence-corrected chi connectivity index (χ1v) is 11.4. The van der Waals surface area contributed by atoms with Gasteiger partial charge in [0.2, 0.25) is 11.8 Å². The van der Waals surface area contributed by atoms with Gasteiger partial charge >= 0.3 is 0 Å². The maximum absolute atomic E-state index is 13.1. The Morgan fingerprint density at radius 1 is 1.24 bits per heavy atom. The Morgan fingerprint density at radius 2 is 2.00 bits per heavy atom. The fraction of sp³-hybridized carbons (Fsp3) is 0.348. The molecule has 1 aliphatic heterocycles. The second-order valence-corrected chi connectivity index (χ2v) is 8.84. The van der Waals surface area contributed by atoms with E-state index in [9.17, 15) is 19.7 Å². The summed E-state index contributed by atoms with van der Waals surface area (Å²) in [7, 11) is 2.94. The van der Waals surface area contributed by atoms with Crippen molar-refractivity contribution in [1.82, 2.24) is 4.90 Å². The number of nitrogens with zero attached hydrogens (tertiary/aromatic N) is 3. The Balaban J connectivity index is 1.79. The van der Waals surface area contributed by atoms with Crippen LogP contribution in [0.2, 0.25) is 0 Å². The molecule has 1 aliphatic rings. The van der Waals surface area contributed by atoms with E-state index in [-0.39, 0.29) is 23.7 Å². The van der Waals surface area contributed by atoms with Gasteiger partial charge < -0.3 is 14.8 Å². The van der Waals surface area contributed by atoms with Crippen LogP contribution in [0.4, 0.5) is 17.1 Å². The van der Waals surface area contributed by atoms with Crippen LogP contribution in [0.5, 0.6) is 5.75 Å². The molecule has 0 aromatic heterocycles. The molecule has 1 N–H and O–H groups in total. The first kappa shape index (κ1) is 25.2. The number of nitro benzene ring substituents is 1. The normalized spacial score (nSPS) is 16.7. The first-order chi connectivity index (χ1) is 16.2. The van der Waals surface area contributed by atoms with Gasteiger partial charge in [0.1, 0.15) is 16.7 Å². The number of carbonyl (C=O) groups excluding carboxylic acids is 2. The summed E-state index contributed by atoms with van der Waals surface area (Å²) in [6.45, 7) is 4.55. The van der Waals surface area contributed by atoms with Crippen LogP contribution in [0.1, 0.15) is 17.5 Å². The quantitative estimate of drug-likeness (QED) is 0.422. The van der Waals surface area contributed by atoms with Gasteiger partial charge in [0.25, 0.3) is 5.69 Å². The summed E-state index contributed by atoms with van der Waals surface area (Å²) in [5.41, 5.74) is 2.56. The Bertz CT molecular complexity index is 1140. The van der Waals surface area contributed by atoms with Crippen molar-refractivity contribution in [3.8, 4) is 5.75 Å². The van der Waals surface area contributed by atoms with E-state index in [2.05, 4.69) is 10.3 Å². The SMILES string of the molecule is COCCN1C(=O)C(CC(=O)Nc2ccc(OC)cc2[N+](=O)[O-])SC1=Nc1ccc(C)cc1C. The number of anilines is 1. The highest BCUT2D eigenvalue weighted by Crippen LogP contribution is 2.34. The average Bonchev–Trinajstić information content (AvgIpc) is 3.08. The third-order valence-corrected chi connectivity index (χ3v) is 6.33. The van der Waals surface area contributed by atoms with Crippen molar-refractivity contribution < 1.29 is 24.0 Å². The molecule has 34 heavy (non-hydrogen) atoms. The zero-order chi connectivity index (χ0) is 24.8. The number of methoxy groups -OCH3 is 2. The molecule has 2 aromatic carbocycles. The summed E-state index contributed by atoms with van der Waals surface area (Å²) >= 11 is 1.20.